The summed E-state index contributed by atoms with van der Waals surface area (Å²) in [6.45, 7) is 5.47. The molecular weight excluding hydrogens is 164 g/mol. The minimum absolute atomic E-state index is 0.597. The third kappa shape index (κ3) is 2.18. The monoisotopic (exact) mass is 176 g/mol. The quantitative estimate of drug-likeness (QED) is 0.718. The normalized spacial score (nSPS) is 12.1. The maximum absolute atomic E-state index is 10.7. The third-order valence-corrected chi connectivity index (χ3v) is 1.94. The highest BCUT2D eigenvalue weighted by Crippen LogP contribution is 2.17. The summed E-state index contributed by atoms with van der Waals surface area (Å²) >= 11 is 0. The van der Waals surface area contributed by atoms with Crippen LogP contribution in [0.1, 0.15) is 17.0 Å². The van der Waals surface area contributed by atoms with Crippen molar-refractivity contribution in [2.24, 2.45) is 0 Å². The van der Waals surface area contributed by atoms with Gasteiger partial charge in [0.2, 0.25) is 0 Å². The Morgan fingerprint density at radius 2 is 2.00 bits per heavy atom. The van der Waals surface area contributed by atoms with E-state index in [4.69, 9.17) is 5.11 Å². The van der Waals surface area contributed by atoms with E-state index in [1.807, 2.05) is 31.2 Å². The van der Waals surface area contributed by atoms with Crippen LogP contribution in [0.5, 0.6) is 0 Å². The van der Waals surface area contributed by atoms with Crippen LogP contribution in [0, 0.1) is 6.92 Å². The van der Waals surface area contributed by atoms with E-state index in [1.165, 1.54) is 6.08 Å². The van der Waals surface area contributed by atoms with Gasteiger partial charge in [-0.1, -0.05) is 35.9 Å². The Morgan fingerprint density at radius 1 is 1.46 bits per heavy atom. The lowest BCUT2D eigenvalue weighted by molar-refractivity contribution is -0.137. The first-order valence-corrected chi connectivity index (χ1v) is 4.07. The van der Waals surface area contributed by atoms with Crippen molar-refractivity contribution >= 4 is 5.97 Å². The Hall–Kier alpha value is -1.57. The van der Waals surface area contributed by atoms with Gasteiger partial charge in [0.1, 0.15) is 0 Å². The van der Waals surface area contributed by atoms with Gasteiger partial charge in [-0.15, -0.1) is 6.58 Å². The average molecular weight is 176 g/mol. The molecule has 0 aromatic heterocycles. The molecule has 0 aliphatic heterocycles. The highest BCUT2D eigenvalue weighted by molar-refractivity contribution is 5.78. The third-order valence-electron chi connectivity index (χ3n) is 1.94. The second-order valence-corrected chi connectivity index (χ2v) is 2.96. The van der Waals surface area contributed by atoms with E-state index in [0.29, 0.717) is 0 Å². The van der Waals surface area contributed by atoms with E-state index in [-0.39, 0.29) is 0 Å². The predicted octanol–water partition coefficient (Wildman–Crippen LogP) is 2.35. The van der Waals surface area contributed by atoms with Gasteiger partial charge in [0.15, 0.2) is 0 Å². The Balaban J connectivity index is 2.99. The molecule has 2 heteroatoms. The molecule has 1 atom stereocenters. The van der Waals surface area contributed by atoms with Gasteiger partial charge in [-0.2, -0.15) is 0 Å². The fourth-order valence-corrected chi connectivity index (χ4v) is 1.15. The molecule has 1 rings (SSSR count). The van der Waals surface area contributed by atoms with Crippen molar-refractivity contribution in [2.45, 2.75) is 12.8 Å². The summed E-state index contributed by atoms with van der Waals surface area (Å²) in [5, 5.41) is 8.82. The van der Waals surface area contributed by atoms with Crippen LogP contribution in [0.25, 0.3) is 0 Å². The van der Waals surface area contributed by atoms with Crippen LogP contribution in [0.2, 0.25) is 0 Å². The summed E-state index contributed by atoms with van der Waals surface area (Å²) in [6.07, 6.45) is 1.44. The van der Waals surface area contributed by atoms with E-state index in [2.05, 4.69) is 6.58 Å². The van der Waals surface area contributed by atoms with Crippen LogP contribution in [-0.4, -0.2) is 11.1 Å². The second-order valence-electron chi connectivity index (χ2n) is 2.96. The molecule has 0 amide bonds. The van der Waals surface area contributed by atoms with Gasteiger partial charge in [-0.3, -0.25) is 4.79 Å². The van der Waals surface area contributed by atoms with Crippen molar-refractivity contribution in [2.75, 3.05) is 0 Å². The molecular formula is C11H12O2. The molecule has 0 radical (unpaired) electrons. The van der Waals surface area contributed by atoms with Crippen molar-refractivity contribution in [1.82, 2.24) is 0 Å². The zero-order valence-electron chi connectivity index (χ0n) is 7.53. The molecule has 0 spiro atoms. The number of benzene rings is 1. The fraction of sp³-hybridized carbons (Fsp3) is 0.182. The number of aryl methyl sites for hydroxylation is 1. The molecule has 0 saturated carbocycles. The molecule has 1 aromatic carbocycles. The first-order chi connectivity index (χ1) is 6.15. The van der Waals surface area contributed by atoms with Crippen molar-refractivity contribution in [1.29, 1.82) is 0 Å². The largest absolute Gasteiger partial charge is 0.481 e. The molecule has 0 saturated heterocycles. The lowest BCUT2D eigenvalue weighted by atomic mass is 9.99. The topological polar surface area (TPSA) is 37.3 Å². The summed E-state index contributed by atoms with van der Waals surface area (Å²) in [4.78, 5) is 10.7. The highest BCUT2D eigenvalue weighted by Gasteiger charge is 2.14. The lowest BCUT2D eigenvalue weighted by Crippen LogP contribution is -2.08. The summed E-state index contributed by atoms with van der Waals surface area (Å²) < 4.78 is 0. The van der Waals surface area contributed by atoms with Gasteiger partial charge in [0.05, 0.1) is 5.92 Å². The number of aliphatic carboxylic acids is 1. The molecule has 0 aliphatic carbocycles. The van der Waals surface area contributed by atoms with Gasteiger partial charge in [0.25, 0.3) is 0 Å². The summed E-state index contributed by atoms with van der Waals surface area (Å²) in [7, 11) is 0. The molecule has 2 nitrogen and oxygen atoms in total. The van der Waals surface area contributed by atoms with Crippen LogP contribution in [0.4, 0.5) is 0 Å². The smallest absolute Gasteiger partial charge is 0.314 e. The fourth-order valence-electron chi connectivity index (χ4n) is 1.15. The molecule has 1 aromatic rings. The Bertz CT molecular complexity index is 311. The SMILES string of the molecule is C=CC(C(=O)O)c1ccc(C)cc1. The molecule has 0 fully saturated rings. The van der Waals surface area contributed by atoms with Crippen LogP contribution in [0.3, 0.4) is 0 Å². The molecule has 68 valence electrons. The number of hydrogen-bond donors (Lipinski definition) is 1. The average Bonchev–Trinajstić information content (AvgIpc) is 2.09. The van der Waals surface area contributed by atoms with Crippen LogP contribution in [-0.2, 0) is 4.79 Å². The molecule has 0 aliphatic rings. The summed E-state index contributed by atoms with van der Waals surface area (Å²) in [6, 6.07) is 7.43. The molecule has 13 heavy (non-hydrogen) atoms. The molecule has 0 heterocycles. The Morgan fingerprint density at radius 3 is 2.38 bits per heavy atom. The van der Waals surface area contributed by atoms with Gasteiger partial charge >= 0.3 is 5.97 Å². The van der Waals surface area contributed by atoms with E-state index in [1.54, 1.807) is 0 Å². The maximum Gasteiger partial charge on any atom is 0.314 e. The van der Waals surface area contributed by atoms with E-state index in [0.717, 1.165) is 11.1 Å². The number of carboxylic acid groups (broad SMARTS) is 1. The van der Waals surface area contributed by atoms with Gasteiger partial charge in [-0.25, -0.2) is 0 Å². The van der Waals surface area contributed by atoms with Crippen molar-refractivity contribution in [3.05, 3.63) is 48.0 Å². The number of hydrogen-bond acceptors (Lipinski definition) is 1. The van der Waals surface area contributed by atoms with Crippen molar-refractivity contribution in [3.8, 4) is 0 Å². The van der Waals surface area contributed by atoms with Gasteiger partial charge < -0.3 is 5.11 Å². The summed E-state index contributed by atoms with van der Waals surface area (Å²) in [5.41, 5.74) is 1.89. The van der Waals surface area contributed by atoms with E-state index >= 15 is 0 Å². The van der Waals surface area contributed by atoms with Crippen molar-refractivity contribution < 1.29 is 9.90 Å². The zero-order chi connectivity index (χ0) is 9.84. The predicted molar refractivity (Wildman–Crippen MR) is 51.8 cm³/mol. The Kier molecular flexibility index (Phi) is 2.85. The van der Waals surface area contributed by atoms with Crippen LogP contribution in [0.15, 0.2) is 36.9 Å². The lowest BCUT2D eigenvalue weighted by Gasteiger charge is -2.06. The molecule has 1 N–H and O–H groups in total. The highest BCUT2D eigenvalue weighted by atomic mass is 16.4. The van der Waals surface area contributed by atoms with Crippen molar-refractivity contribution in [3.63, 3.8) is 0 Å². The van der Waals surface area contributed by atoms with E-state index in [9.17, 15) is 4.79 Å². The van der Waals surface area contributed by atoms with Gasteiger partial charge in [-0.05, 0) is 12.5 Å². The van der Waals surface area contributed by atoms with Gasteiger partial charge in [0, 0.05) is 0 Å². The number of carboxylic acids is 1. The maximum atomic E-state index is 10.7. The standard InChI is InChI=1S/C11H12O2/c1-3-10(11(12)13)9-6-4-8(2)5-7-9/h3-7,10H,1H2,2H3,(H,12,13). The molecule has 0 bridgehead atoms. The van der Waals surface area contributed by atoms with Crippen LogP contribution < -0.4 is 0 Å². The number of carbonyl (C=O) groups is 1. The van der Waals surface area contributed by atoms with E-state index < -0.39 is 11.9 Å². The van der Waals surface area contributed by atoms with Crippen LogP contribution >= 0.6 is 0 Å². The minimum Gasteiger partial charge on any atom is -0.481 e. The summed E-state index contributed by atoms with van der Waals surface area (Å²) in [5.74, 6) is -1.46. The first kappa shape index (κ1) is 9.52. The second kappa shape index (κ2) is 3.90. The number of rotatable bonds is 3. The minimum atomic E-state index is -0.862. The Labute approximate surface area is 77.5 Å². The first-order valence-electron chi connectivity index (χ1n) is 4.07. The zero-order valence-corrected chi connectivity index (χ0v) is 7.53. The molecule has 1 unspecified atom stereocenters.